The van der Waals surface area contributed by atoms with Gasteiger partial charge in [0.25, 0.3) is 0 Å². The van der Waals surface area contributed by atoms with Crippen LogP contribution >= 0.6 is 23.2 Å². The number of anilines is 2. The molecule has 2 aliphatic carbocycles. The Morgan fingerprint density at radius 3 is 1.34 bits per heavy atom. The van der Waals surface area contributed by atoms with Gasteiger partial charge in [-0.2, -0.15) is 0 Å². The molecular formula is C26H38Cl2N4. The number of nitrogens with two attached hydrogens (primary N) is 4. The van der Waals surface area contributed by atoms with E-state index < -0.39 is 0 Å². The van der Waals surface area contributed by atoms with E-state index in [4.69, 9.17) is 46.1 Å². The zero-order valence-corrected chi connectivity index (χ0v) is 20.4. The van der Waals surface area contributed by atoms with E-state index in [2.05, 4.69) is 0 Å². The number of hydrogen-bond donors (Lipinski definition) is 4. The van der Waals surface area contributed by atoms with E-state index in [-0.39, 0.29) is 0 Å². The molecule has 8 N–H and O–H groups in total. The third-order valence-corrected chi connectivity index (χ3v) is 7.64. The fourth-order valence-electron chi connectivity index (χ4n) is 4.92. The summed E-state index contributed by atoms with van der Waals surface area (Å²) in [6, 6.07) is 12.2. The van der Waals surface area contributed by atoms with Crippen LogP contribution in [0.1, 0.15) is 68.9 Å². The van der Waals surface area contributed by atoms with E-state index in [1.54, 1.807) is 12.1 Å². The van der Waals surface area contributed by atoms with Gasteiger partial charge in [0.05, 0.1) is 21.4 Å². The fraction of sp³-hybridized carbons (Fsp3) is 0.538. The molecule has 0 aliphatic heterocycles. The van der Waals surface area contributed by atoms with Gasteiger partial charge in [-0.3, -0.25) is 0 Å². The number of halogens is 2. The van der Waals surface area contributed by atoms with Gasteiger partial charge < -0.3 is 22.9 Å². The first-order chi connectivity index (χ1) is 15.3. The average Bonchev–Trinajstić information content (AvgIpc) is 2.77. The van der Waals surface area contributed by atoms with E-state index >= 15 is 0 Å². The summed E-state index contributed by atoms with van der Waals surface area (Å²) in [7, 11) is 0. The Morgan fingerprint density at radius 1 is 0.625 bits per heavy atom. The Kier molecular flexibility index (Phi) is 9.54. The lowest BCUT2D eigenvalue weighted by Crippen LogP contribution is -2.30. The average molecular weight is 478 g/mol. The molecular weight excluding hydrogens is 439 g/mol. The van der Waals surface area contributed by atoms with Gasteiger partial charge in [-0.15, -0.1) is 0 Å². The van der Waals surface area contributed by atoms with Crippen LogP contribution in [0.15, 0.2) is 36.4 Å². The van der Waals surface area contributed by atoms with Crippen LogP contribution < -0.4 is 22.9 Å². The van der Waals surface area contributed by atoms with E-state index in [0.29, 0.717) is 33.5 Å². The molecule has 4 rings (SSSR count). The molecule has 0 bridgehead atoms. The molecule has 2 aliphatic rings. The van der Waals surface area contributed by atoms with Crippen molar-refractivity contribution in [1.29, 1.82) is 0 Å². The lowest BCUT2D eigenvalue weighted by molar-refractivity contribution is 0.225. The first kappa shape index (κ1) is 25.2. The van der Waals surface area contributed by atoms with E-state index in [0.717, 1.165) is 29.4 Å². The third kappa shape index (κ3) is 7.84. The molecule has 0 amide bonds. The van der Waals surface area contributed by atoms with Crippen molar-refractivity contribution in [3.63, 3.8) is 0 Å². The predicted molar refractivity (Wildman–Crippen MR) is 139 cm³/mol. The lowest BCUT2D eigenvalue weighted by atomic mass is 9.76. The smallest absolute Gasteiger partial charge is 0.0638 e. The molecule has 0 spiro atoms. The number of hydrogen-bond acceptors (Lipinski definition) is 4. The van der Waals surface area contributed by atoms with Crippen LogP contribution in [-0.2, 0) is 6.42 Å². The minimum atomic E-state index is 0.501. The van der Waals surface area contributed by atoms with Gasteiger partial charge in [0, 0.05) is 12.1 Å². The molecule has 4 nitrogen and oxygen atoms in total. The molecule has 0 radical (unpaired) electrons. The van der Waals surface area contributed by atoms with Crippen LogP contribution in [0.2, 0.25) is 10.0 Å². The molecule has 2 aromatic rings. The van der Waals surface area contributed by atoms with Crippen molar-refractivity contribution in [3.05, 3.63) is 57.6 Å². The largest absolute Gasteiger partial charge is 0.398 e. The molecule has 2 aromatic carbocycles. The van der Waals surface area contributed by atoms with Crippen molar-refractivity contribution in [2.24, 2.45) is 23.3 Å². The summed E-state index contributed by atoms with van der Waals surface area (Å²) in [6.45, 7) is 0. The van der Waals surface area contributed by atoms with Crippen molar-refractivity contribution in [2.45, 2.75) is 76.3 Å². The zero-order valence-electron chi connectivity index (χ0n) is 18.9. The summed E-state index contributed by atoms with van der Waals surface area (Å²) < 4.78 is 0. The van der Waals surface area contributed by atoms with Crippen LogP contribution in [0.5, 0.6) is 0 Å². The monoisotopic (exact) mass is 476 g/mol. The molecule has 2 fully saturated rings. The van der Waals surface area contributed by atoms with Crippen molar-refractivity contribution >= 4 is 34.6 Å². The second-order valence-corrected chi connectivity index (χ2v) is 10.5. The highest BCUT2D eigenvalue weighted by atomic mass is 35.5. The summed E-state index contributed by atoms with van der Waals surface area (Å²) in [5.74, 6) is 1.95. The van der Waals surface area contributed by atoms with Gasteiger partial charge >= 0.3 is 0 Å². The van der Waals surface area contributed by atoms with Crippen LogP contribution in [0, 0.1) is 11.8 Å². The fourth-order valence-corrected chi connectivity index (χ4v) is 5.32. The van der Waals surface area contributed by atoms with E-state index in [1.165, 1.54) is 57.8 Å². The maximum Gasteiger partial charge on any atom is 0.0638 e. The van der Waals surface area contributed by atoms with Gasteiger partial charge in [0.2, 0.25) is 0 Å². The Morgan fingerprint density at radius 2 is 1.00 bits per heavy atom. The van der Waals surface area contributed by atoms with Crippen molar-refractivity contribution in [3.8, 4) is 0 Å². The van der Waals surface area contributed by atoms with Crippen LogP contribution in [0.4, 0.5) is 11.4 Å². The normalized spacial score (nSPS) is 25.6. The maximum atomic E-state index is 5.97. The Labute approximate surface area is 203 Å². The van der Waals surface area contributed by atoms with E-state index in [9.17, 15) is 0 Å². The van der Waals surface area contributed by atoms with Crippen LogP contribution in [-0.4, -0.2) is 12.1 Å². The van der Waals surface area contributed by atoms with Gasteiger partial charge in [-0.05, 0) is 111 Å². The molecule has 6 heteroatoms. The van der Waals surface area contributed by atoms with Crippen molar-refractivity contribution in [1.82, 2.24) is 0 Å². The second kappa shape index (κ2) is 12.1. The number of nitrogen functional groups attached to an aromatic ring is 2. The summed E-state index contributed by atoms with van der Waals surface area (Å²) in [6.07, 6.45) is 12.8. The first-order valence-electron chi connectivity index (χ1n) is 11.9. The Hall–Kier alpha value is -1.46. The summed E-state index contributed by atoms with van der Waals surface area (Å²) >= 11 is 11.9. The summed E-state index contributed by atoms with van der Waals surface area (Å²) in [5, 5.41) is 1.15. The standard InChI is InChI=1S/C13H12Cl2N2.C13H26N2/c14-10-6-8(1-3-12(10)16)5-9-2-4-13(17)11(15)7-9;14-12-5-1-10(2-6-12)9-11-3-7-13(15)8-4-11/h1-4,6-7H,5,16-17H2;10-13H,1-9,14-15H2. The topological polar surface area (TPSA) is 104 Å². The molecule has 2 saturated carbocycles. The molecule has 176 valence electrons. The Balaban J connectivity index is 0.000000182. The molecule has 0 saturated heterocycles. The van der Waals surface area contributed by atoms with E-state index in [1.807, 2.05) is 24.3 Å². The minimum Gasteiger partial charge on any atom is -0.398 e. The SMILES string of the molecule is NC1CCC(CC2CCC(N)CC2)CC1.Nc1ccc(Cc2ccc(N)c(Cl)c2)cc1Cl. The Bertz CT molecular complexity index is 787. The molecule has 0 aromatic heterocycles. The number of benzene rings is 2. The highest BCUT2D eigenvalue weighted by molar-refractivity contribution is 6.33. The van der Waals surface area contributed by atoms with Crippen molar-refractivity contribution in [2.75, 3.05) is 11.5 Å². The van der Waals surface area contributed by atoms with Gasteiger partial charge in [-0.1, -0.05) is 35.3 Å². The third-order valence-electron chi connectivity index (χ3n) is 6.99. The quantitative estimate of drug-likeness (QED) is 0.396. The van der Waals surface area contributed by atoms with Crippen LogP contribution in [0.3, 0.4) is 0 Å². The number of rotatable bonds is 4. The summed E-state index contributed by atoms with van der Waals surface area (Å²) in [4.78, 5) is 0. The molecule has 0 unspecified atom stereocenters. The molecule has 32 heavy (non-hydrogen) atoms. The van der Waals surface area contributed by atoms with Gasteiger partial charge in [0.1, 0.15) is 0 Å². The zero-order chi connectivity index (χ0) is 23.1. The second-order valence-electron chi connectivity index (χ2n) is 9.69. The van der Waals surface area contributed by atoms with Crippen LogP contribution in [0.25, 0.3) is 0 Å². The maximum absolute atomic E-state index is 5.97. The first-order valence-corrected chi connectivity index (χ1v) is 12.6. The summed E-state index contributed by atoms with van der Waals surface area (Å²) in [5.41, 5.74) is 26.5. The predicted octanol–water partition coefficient (Wildman–Crippen LogP) is 6.16. The van der Waals surface area contributed by atoms with Gasteiger partial charge in [0.15, 0.2) is 0 Å². The molecule has 0 heterocycles. The lowest BCUT2D eigenvalue weighted by Gasteiger charge is -2.32. The highest BCUT2D eigenvalue weighted by Crippen LogP contribution is 2.34. The van der Waals surface area contributed by atoms with Gasteiger partial charge in [-0.25, -0.2) is 0 Å². The molecule has 0 atom stereocenters. The van der Waals surface area contributed by atoms with Crippen molar-refractivity contribution < 1.29 is 0 Å². The minimum absolute atomic E-state index is 0.501. The highest BCUT2D eigenvalue weighted by Gasteiger charge is 2.24.